The van der Waals surface area contributed by atoms with Crippen molar-refractivity contribution in [2.45, 2.75) is 37.5 Å². The Bertz CT molecular complexity index is 1300. The van der Waals surface area contributed by atoms with Gasteiger partial charge in [0.15, 0.2) is 0 Å². The molecule has 1 fully saturated rings. The van der Waals surface area contributed by atoms with Crippen molar-refractivity contribution in [2.75, 3.05) is 13.2 Å². The zero-order chi connectivity index (χ0) is 24.3. The molecule has 35 heavy (non-hydrogen) atoms. The molecule has 8 heteroatoms. The third-order valence-electron chi connectivity index (χ3n) is 6.51. The lowest BCUT2D eigenvalue weighted by Crippen LogP contribution is -2.32. The van der Waals surface area contributed by atoms with Gasteiger partial charge in [-0.1, -0.05) is 48.7 Å². The first kappa shape index (κ1) is 23.2. The SMILES string of the molecule is O=C(O)C1(c2ccc(OCCCOc3ccc(Cl)cc3-n3nc4ccccc4n3)cc2)CCCC1. The number of carboxylic acid groups (broad SMARTS) is 1. The fourth-order valence-corrected chi connectivity index (χ4v) is 4.81. The number of benzene rings is 3. The molecule has 0 amide bonds. The van der Waals surface area contributed by atoms with Gasteiger partial charge in [-0.3, -0.25) is 4.79 Å². The minimum atomic E-state index is -0.752. The van der Waals surface area contributed by atoms with Crippen LogP contribution in [-0.4, -0.2) is 39.3 Å². The second kappa shape index (κ2) is 9.96. The first-order valence-corrected chi connectivity index (χ1v) is 12.1. The van der Waals surface area contributed by atoms with Gasteiger partial charge in [-0.25, -0.2) is 0 Å². The Hall–Kier alpha value is -3.58. The van der Waals surface area contributed by atoms with Crippen molar-refractivity contribution in [2.24, 2.45) is 0 Å². The van der Waals surface area contributed by atoms with E-state index in [9.17, 15) is 9.90 Å². The second-order valence-corrected chi connectivity index (χ2v) is 9.20. The average molecular weight is 492 g/mol. The summed E-state index contributed by atoms with van der Waals surface area (Å²) in [6, 6.07) is 20.5. The lowest BCUT2D eigenvalue weighted by molar-refractivity contribution is -0.143. The normalized spacial score (nSPS) is 14.8. The average Bonchev–Trinajstić information content (AvgIpc) is 3.53. The molecule has 0 bridgehead atoms. The van der Waals surface area contributed by atoms with Gasteiger partial charge in [0, 0.05) is 11.4 Å². The highest BCUT2D eigenvalue weighted by molar-refractivity contribution is 6.30. The molecule has 0 unspecified atom stereocenters. The van der Waals surface area contributed by atoms with Gasteiger partial charge in [0.25, 0.3) is 0 Å². The minimum Gasteiger partial charge on any atom is -0.493 e. The van der Waals surface area contributed by atoms with Gasteiger partial charge in [0.2, 0.25) is 0 Å². The van der Waals surface area contributed by atoms with Gasteiger partial charge in [-0.05, 0) is 60.9 Å². The Labute approximate surface area is 208 Å². The van der Waals surface area contributed by atoms with E-state index in [4.69, 9.17) is 21.1 Å². The smallest absolute Gasteiger partial charge is 0.314 e. The molecule has 180 valence electrons. The number of hydrogen-bond acceptors (Lipinski definition) is 5. The van der Waals surface area contributed by atoms with Gasteiger partial charge in [-0.2, -0.15) is 0 Å². The van der Waals surface area contributed by atoms with E-state index in [1.54, 1.807) is 12.1 Å². The third-order valence-corrected chi connectivity index (χ3v) is 6.75. The summed E-state index contributed by atoms with van der Waals surface area (Å²) in [5.41, 5.74) is 2.36. The molecule has 5 rings (SSSR count). The Balaban J connectivity index is 1.18. The number of fused-ring (bicyclic) bond motifs is 1. The molecule has 0 saturated heterocycles. The Kier molecular flexibility index (Phi) is 6.59. The largest absolute Gasteiger partial charge is 0.493 e. The Morgan fingerprint density at radius 2 is 1.60 bits per heavy atom. The first-order chi connectivity index (χ1) is 17.0. The summed E-state index contributed by atoms with van der Waals surface area (Å²) in [4.78, 5) is 13.4. The van der Waals surface area contributed by atoms with E-state index in [-0.39, 0.29) is 0 Å². The van der Waals surface area contributed by atoms with Crippen molar-refractivity contribution in [3.05, 3.63) is 77.3 Å². The fraction of sp³-hybridized carbons (Fsp3) is 0.296. The lowest BCUT2D eigenvalue weighted by Gasteiger charge is -2.24. The molecule has 1 aromatic heterocycles. The minimum absolute atomic E-state index is 0.440. The van der Waals surface area contributed by atoms with Crippen molar-refractivity contribution < 1.29 is 19.4 Å². The molecule has 0 aliphatic heterocycles. The highest BCUT2D eigenvalue weighted by Crippen LogP contribution is 2.41. The van der Waals surface area contributed by atoms with Crippen LogP contribution in [0.1, 0.15) is 37.7 Å². The van der Waals surface area contributed by atoms with E-state index >= 15 is 0 Å². The predicted molar refractivity (Wildman–Crippen MR) is 134 cm³/mol. The molecule has 1 saturated carbocycles. The van der Waals surface area contributed by atoms with Crippen LogP contribution in [0, 0.1) is 0 Å². The Morgan fingerprint density at radius 3 is 2.26 bits per heavy atom. The van der Waals surface area contributed by atoms with Crippen molar-refractivity contribution in [1.82, 2.24) is 15.0 Å². The van der Waals surface area contributed by atoms with Crippen LogP contribution in [0.2, 0.25) is 5.02 Å². The summed E-state index contributed by atoms with van der Waals surface area (Å²) >= 11 is 6.22. The van der Waals surface area contributed by atoms with Gasteiger partial charge in [0.1, 0.15) is 28.2 Å². The predicted octanol–water partition coefficient (Wildman–Crippen LogP) is 5.82. The quantitative estimate of drug-likeness (QED) is 0.297. The number of aromatic nitrogens is 3. The lowest BCUT2D eigenvalue weighted by atomic mass is 9.79. The monoisotopic (exact) mass is 491 g/mol. The van der Waals surface area contributed by atoms with E-state index < -0.39 is 11.4 Å². The Morgan fingerprint density at radius 1 is 0.943 bits per heavy atom. The molecule has 3 aromatic carbocycles. The molecule has 4 aromatic rings. The maximum atomic E-state index is 11.9. The summed E-state index contributed by atoms with van der Waals surface area (Å²) < 4.78 is 11.9. The van der Waals surface area contributed by atoms with E-state index in [0.29, 0.717) is 54.7 Å². The van der Waals surface area contributed by atoms with E-state index in [1.807, 2.05) is 54.6 Å². The van der Waals surface area contributed by atoms with Crippen molar-refractivity contribution >= 4 is 28.6 Å². The number of aliphatic carboxylic acids is 1. The van der Waals surface area contributed by atoms with Gasteiger partial charge in [0.05, 0.1) is 18.6 Å². The van der Waals surface area contributed by atoms with Crippen molar-refractivity contribution in [3.63, 3.8) is 0 Å². The van der Waals surface area contributed by atoms with E-state index in [0.717, 1.165) is 29.4 Å². The van der Waals surface area contributed by atoms with Gasteiger partial charge in [-0.15, -0.1) is 15.0 Å². The van der Waals surface area contributed by atoms with Crippen LogP contribution in [0.25, 0.3) is 16.7 Å². The van der Waals surface area contributed by atoms with Crippen LogP contribution in [-0.2, 0) is 10.2 Å². The maximum Gasteiger partial charge on any atom is 0.314 e. The zero-order valence-electron chi connectivity index (χ0n) is 19.2. The standard InChI is InChI=1S/C27H26ClN3O4/c28-20-10-13-25(24(18-20)31-29-22-6-1-2-7-23(22)30-31)35-17-5-16-34-21-11-8-19(9-12-21)27(26(32)33)14-3-4-15-27/h1-2,6-13,18H,3-5,14-17H2,(H,32,33). The summed E-state index contributed by atoms with van der Waals surface area (Å²) in [7, 11) is 0. The molecule has 0 radical (unpaired) electrons. The highest BCUT2D eigenvalue weighted by atomic mass is 35.5. The molecule has 1 aliphatic rings. The highest BCUT2D eigenvalue weighted by Gasteiger charge is 2.42. The van der Waals surface area contributed by atoms with Crippen molar-refractivity contribution in [1.29, 1.82) is 0 Å². The van der Waals surface area contributed by atoms with Crippen LogP contribution < -0.4 is 9.47 Å². The van der Waals surface area contributed by atoms with Crippen molar-refractivity contribution in [3.8, 4) is 17.2 Å². The third kappa shape index (κ3) is 4.82. The number of carboxylic acids is 1. The summed E-state index contributed by atoms with van der Waals surface area (Å²) in [6.45, 7) is 0.909. The van der Waals surface area contributed by atoms with Gasteiger partial charge >= 0.3 is 5.97 Å². The maximum absolute atomic E-state index is 11.9. The number of halogens is 1. The summed E-state index contributed by atoms with van der Waals surface area (Å²) in [6.07, 6.45) is 3.95. The van der Waals surface area contributed by atoms with Gasteiger partial charge < -0.3 is 14.6 Å². The number of rotatable bonds is 9. The molecule has 7 nitrogen and oxygen atoms in total. The van der Waals surface area contributed by atoms with E-state index in [2.05, 4.69) is 10.2 Å². The molecular formula is C27H26ClN3O4. The number of carbonyl (C=O) groups is 1. The fourth-order valence-electron chi connectivity index (χ4n) is 4.64. The van der Waals surface area contributed by atoms with Crippen LogP contribution in [0.5, 0.6) is 11.5 Å². The molecule has 0 spiro atoms. The van der Waals surface area contributed by atoms with Crippen LogP contribution in [0.3, 0.4) is 0 Å². The second-order valence-electron chi connectivity index (χ2n) is 8.76. The number of hydrogen-bond donors (Lipinski definition) is 1. The molecule has 0 atom stereocenters. The molecule has 1 N–H and O–H groups in total. The first-order valence-electron chi connectivity index (χ1n) is 11.8. The zero-order valence-corrected chi connectivity index (χ0v) is 19.9. The van der Waals surface area contributed by atoms with Crippen LogP contribution in [0.4, 0.5) is 0 Å². The molecular weight excluding hydrogens is 466 g/mol. The number of nitrogens with zero attached hydrogens (tertiary/aromatic N) is 3. The molecule has 1 heterocycles. The number of ether oxygens (including phenoxy) is 2. The topological polar surface area (TPSA) is 86.5 Å². The summed E-state index contributed by atoms with van der Waals surface area (Å²) in [5, 5.41) is 19.4. The molecule has 1 aliphatic carbocycles. The van der Waals surface area contributed by atoms with Crippen LogP contribution >= 0.6 is 11.6 Å². The van der Waals surface area contributed by atoms with Crippen LogP contribution in [0.15, 0.2) is 66.7 Å². The summed E-state index contributed by atoms with van der Waals surface area (Å²) in [5.74, 6) is 0.613. The van der Waals surface area contributed by atoms with E-state index in [1.165, 1.54) is 4.80 Å².